The average Bonchev–Trinajstić information content (AvgIpc) is 3.08. The Labute approximate surface area is 168 Å². The maximum absolute atomic E-state index is 12.2. The number of imidazole rings is 1. The van der Waals surface area contributed by atoms with Crippen molar-refractivity contribution in [2.24, 2.45) is 0 Å². The van der Waals surface area contributed by atoms with Gasteiger partial charge >= 0.3 is 0 Å². The summed E-state index contributed by atoms with van der Waals surface area (Å²) in [7, 11) is -3.68. The van der Waals surface area contributed by atoms with Gasteiger partial charge < -0.3 is 9.88 Å². The average molecular weight is 421 g/mol. The Kier molecular flexibility index (Phi) is 6.66. The second-order valence-electron chi connectivity index (χ2n) is 6.24. The van der Waals surface area contributed by atoms with Crippen LogP contribution in [0, 0.1) is 0 Å². The molecule has 0 spiro atoms. The van der Waals surface area contributed by atoms with Gasteiger partial charge in [0.2, 0.25) is 15.9 Å². The molecule has 0 saturated heterocycles. The fraction of sp³-hybridized carbons (Fsp3) is 0.263. The highest BCUT2D eigenvalue weighted by Crippen LogP contribution is 2.15. The van der Waals surface area contributed by atoms with Gasteiger partial charge in [-0.25, -0.2) is 18.1 Å². The van der Waals surface area contributed by atoms with Crippen LogP contribution in [0.15, 0.2) is 59.8 Å². The van der Waals surface area contributed by atoms with Crippen LogP contribution in [0.4, 0.5) is 0 Å². The minimum atomic E-state index is -3.68. The van der Waals surface area contributed by atoms with Crippen LogP contribution in [0.5, 0.6) is 0 Å². The molecule has 1 heterocycles. The first-order chi connectivity index (χ1) is 13.5. The number of benzene rings is 2. The molecule has 0 bridgehead atoms. The summed E-state index contributed by atoms with van der Waals surface area (Å²) in [6.45, 7) is 1.27. The molecule has 9 heteroatoms. The molecule has 3 aromatic rings. The standard InChI is InChI=1S/C19H21ClN4O3S/c20-15-5-3-6-16(13-15)28(26,27)23-11-9-19(25)21-10-4-12-24-14-22-17-7-1-2-8-18(17)24/h1-3,5-8,13-14,23H,4,9-12H2,(H,21,25). The molecular formula is C19H21ClN4O3S. The van der Waals surface area contributed by atoms with Gasteiger partial charge in [0, 0.05) is 31.1 Å². The summed E-state index contributed by atoms with van der Waals surface area (Å²) in [5, 5.41) is 3.14. The van der Waals surface area contributed by atoms with Crippen molar-refractivity contribution >= 4 is 38.6 Å². The van der Waals surface area contributed by atoms with Gasteiger partial charge in [-0.2, -0.15) is 0 Å². The van der Waals surface area contributed by atoms with Gasteiger partial charge in [0.05, 0.1) is 22.3 Å². The lowest BCUT2D eigenvalue weighted by Gasteiger charge is -2.08. The van der Waals surface area contributed by atoms with Crippen LogP contribution in [0.1, 0.15) is 12.8 Å². The van der Waals surface area contributed by atoms with E-state index in [1.807, 2.05) is 28.8 Å². The Morgan fingerprint density at radius 3 is 2.75 bits per heavy atom. The molecule has 148 valence electrons. The fourth-order valence-electron chi connectivity index (χ4n) is 2.77. The molecule has 1 aromatic heterocycles. The van der Waals surface area contributed by atoms with Crippen molar-refractivity contribution in [3.63, 3.8) is 0 Å². The Morgan fingerprint density at radius 2 is 1.93 bits per heavy atom. The highest BCUT2D eigenvalue weighted by atomic mass is 35.5. The highest BCUT2D eigenvalue weighted by Gasteiger charge is 2.14. The van der Waals surface area contributed by atoms with Crippen LogP contribution in [0.2, 0.25) is 5.02 Å². The van der Waals surface area contributed by atoms with Gasteiger partial charge in [-0.05, 0) is 36.8 Å². The Bertz CT molecular complexity index is 1070. The second kappa shape index (κ2) is 9.18. The number of halogens is 1. The number of carbonyl (C=O) groups is 1. The largest absolute Gasteiger partial charge is 0.356 e. The van der Waals surface area contributed by atoms with Crippen molar-refractivity contribution in [2.45, 2.75) is 24.3 Å². The molecule has 1 amide bonds. The Hall–Kier alpha value is -2.42. The zero-order valence-electron chi connectivity index (χ0n) is 15.1. The molecule has 0 aliphatic heterocycles. The number of carbonyl (C=O) groups excluding carboxylic acids is 1. The smallest absolute Gasteiger partial charge is 0.240 e. The predicted molar refractivity (Wildman–Crippen MR) is 109 cm³/mol. The molecule has 0 saturated carbocycles. The van der Waals surface area contributed by atoms with Crippen molar-refractivity contribution in [2.75, 3.05) is 13.1 Å². The molecule has 0 radical (unpaired) electrons. The number of nitrogens with zero attached hydrogens (tertiary/aromatic N) is 2. The molecule has 0 unspecified atom stereocenters. The minimum Gasteiger partial charge on any atom is -0.356 e. The third-order valence-electron chi connectivity index (χ3n) is 4.18. The number of fused-ring (bicyclic) bond motifs is 1. The van der Waals surface area contributed by atoms with Gasteiger partial charge in [0.1, 0.15) is 0 Å². The Balaban J connectivity index is 1.38. The van der Waals surface area contributed by atoms with Crippen molar-refractivity contribution in [1.29, 1.82) is 0 Å². The van der Waals surface area contributed by atoms with Crippen molar-refractivity contribution in [1.82, 2.24) is 19.6 Å². The first-order valence-corrected chi connectivity index (χ1v) is 10.7. The lowest BCUT2D eigenvalue weighted by molar-refractivity contribution is -0.120. The first kappa shape index (κ1) is 20.3. The van der Waals surface area contributed by atoms with Crippen LogP contribution in [0.3, 0.4) is 0 Å². The van der Waals surface area contributed by atoms with Crippen LogP contribution in [0.25, 0.3) is 11.0 Å². The maximum atomic E-state index is 12.2. The molecule has 0 atom stereocenters. The van der Waals surface area contributed by atoms with E-state index in [1.54, 1.807) is 18.5 Å². The van der Waals surface area contributed by atoms with E-state index < -0.39 is 10.0 Å². The van der Waals surface area contributed by atoms with E-state index in [0.717, 1.165) is 24.0 Å². The molecule has 2 N–H and O–H groups in total. The number of hydrogen-bond donors (Lipinski definition) is 2. The zero-order chi connectivity index (χ0) is 20.0. The molecule has 2 aromatic carbocycles. The summed E-state index contributed by atoms with van der Waals surface area (Å²) in [6, 6.07) is 13.9. The first-order valence-electron chi connectivity index (χ1n) is 8.87. The van der Waals surface area contributed by atoms with Gasteiger partial charge in [-0.1, -0.05) is 29.8 Å². The van der Waals surface area contributed by atoms with Gasteiger partial charge in [-0.15, -0.1) is 0 Å². The molecule has 0 aliphatic rings. The summed E-state index contributed by atoms with van der Waals surface area (Å²) < 4.78 is 28.8. The number of amides is 1. The third kappa shape index (κ3) is 5.31. The van der Waals surface area contributed by atoms with Crippen LogP contribution < -0.4 is 10.0 Å². The van der Waals surface area contributed by atoms with Gasteiger partial charge in [0.25, 0.3) is 0 Å². The number of rotatable bonds is 9. The van der Waals surface area contributed by atoms with E-state index in [4.69, 9.17) is 11.6 Å². The molecule has 7 nitrogen and oxygen atoms in total. The molecule has 3 rings (SSSR count). The van der Waals surface area contributed by atoms with Gasteiger partial charge in [-0.3, -0.25) is 4.79 Å². The number of nitrogens with one attached hydrogen (secondary N) is 2. The summed E-state index contributed by atoms with van der Waals surface area (Å²) in [6.07, 6.45) is 2.60. The van der Waals surface area contributed by atoms with E-state index in [2.05, 4.69) is 15.0 Å². The molecule has 0 aliphatic carbocycles. The normalized spacial score (nSPS) is 11.6. The van der Waals surface area contributed by atoms with E-state index in [1.165, 1.54) is 12.1 Å². The van der Waals surface area contributed by atoms with E-state index in [0.29, 0.717) is 11.6 Å². The van der Waals surface area contributed by atoms with E-state index >= 15 is 0 Å². The maximum Gasteiger partial charge on any atom is 0.240 e. The topological polar surface area (TPSA) is 93.1 Å². The van der Waals surface area contributed by atoms with Crippen molar-refractivity contribution in [3.8, 4) is 0 Å². The summed E-state index contributed by atoms with van der Waals surface area (Å²) >= 11 is 5.81. The third-order valence-corrected chi connectivity index (χ3v) is 5.87. The van der Waals surface area contributed by atoms with Crippen molar-refractivity contribution < 1.29 is 13.2 Å². The minimum absolute atomic E-state index is 0.0207. The van der Waals surface area contributed by atoms with E-state index in [9.17, 15) is 13.2 Å². The Morgan fingerprint density at radius 1 is 1.11 bits per heavy atom. The number of para-hydroxylation sites is 2. The highest BCUT2D eigenvalue weighted by molar-refractivity contribution is 7.89. The quantitative estimate of drug-likeness (QED) is 0.520. The lowest BCUT2D eigenvalue weighted by atomic mass is 10.3. The number of aromatic nitrogens is 2. The number of aryl methyl sites for hydroxylation is 1. The van der Waals surface area contributed by atoms with Crippen LogP contribution >= 0.6 is 11.6 Å². The number of hydrogen-bond acceptors (Lipinski definition) is 4. The van der Waals surface area contributed by atoms with E-state index in [-0.39, 0.29) is 23.8 Å². The lowest BCUT2D eigenvalue weighted by Crippen LogP contribution is -2.31. The van der Waals surface area contributed by atoms with Crippen molar-refractivity contribution in [3.05, 3.63) is 59.9 Å². The molecular weight excluding hydrogens is 400 g/mol. The number of sulfonamides is 1. The monoisotopic (exact) mass is 420 g/mol. The van der Waals surface area contributed by atoms with Crippen LogP contribution in [-0.4, -0.2) is 37.0 Å². The second-order valence-corrected chi connectivity index (χ2v) is 8.44. The van der Waals surface area contributed by atoms with Crippen LogP contribution in [-0.2, 0) is 21.4 Å². The van der Waals surface area contributed by atoms with Gasteiger partial charge in [0.15, 0.2) is 0 Å². The SMILES string of the molecule is O=C(CCNS(=O)(=O)c1cccc(Cl)c1)NCCCn1cnc2ccccc21. The predicted octanol–water partition coefficient (Wildman–Crippen LogP) is 2.56. The fourth-order valence-corrected chi connectivity index (χ4v) is 4.10. The zero-order valence-corrected chi connectivity index (χ0v) is 16.7. The summed E-state index contributed by atoms with van der Waals surface area (Å²) in [5.41, 5.74) is 2.00. The summed E-state index contributed by atoms with van der Waals surface area (Å²) in [5.74, 6) is -0.204. The summed E-state index contributed by atoms with van der Waals surface area (Å²) in [4.78, 5) is 16.3. The molecule has 28 heavy (non-hydrogen) atoms. The molecule has 0 fully saturated rings.